The van der Waals surface area contributed by atoms with E-state index < -0.39 is 11.9 Å². The van der Waals surface area contributed by atoms with Crippen molar-refractivity contribution in [2.45, 2.75) is 33.4 Å². The van der Waals surface area contributed by atoms with Gasteiger partial charge in [-0.3, -0.25) is 14.3 Å². The van der Waals surface area contributed by atoms with Gasteiger partial charge in [0.2, 0.25) is 5.91 Å². The zero-order valence-electron chi connectivity index (χ0n) is 21.8. The molecule has 3 heterocycles. The third kappa shape index (κ3) is 6.93. The Morgan fingerprint density at radius 3 is 2.56 bits per heavy atom. The number of carbonyl (C=O) groups is 3. The first-order valence-electron chi connectivity index (χ1n) is 12.4. The molecule has 0 radical (unpaired) electrons. The summed E-state index contributed by atoms with van der Waals surface area (Å²) in [6.07, 6.45) is 1.25. The van der Waals surface area contributed by atoms with Gasteiger partial charge in [0, 0.05) is 36.8 Å². The summed E-state index contributed by atoms with van der Waals surface area (Å²) in [7, 11) is 0. The second-order valence-corrected chi connectivity index (χ2v) is 10.2. The van der Waals surface area contributed by atoms with Gasteiger partial charge < -0.3 is 29.0 Å². The van der Waals surface area contributed by atoms with Crippen LogP contribution < -0.4 is 10.1 Å². The Hall–Kier alpha value is -3.51. The van der Waals surface area contributed by atoms with Crippen molar-refractivity contribution in [3.63, 3.8) is 0 Å². The summed E-state index contributed by atoms with van der Waals surface area (Å²) in [5.74, 6) is 0.468. The normalized spacial score (nSPS) is 14.2. The number of furan rings is 1. The molecule has 3 amide bonds. The molecule has 13 heteroatoms. The fourth-order valence-electron chi connectivity index (χ4n) is 4.01. The molecule has 0 spiro atoms. The number of nitrogens with one attached hydrogen (secondary N) is 1. The summed E-state index contributed by atoms with van der Waals surface area (Å²) < 4.78 is 18.7. The predicted octanol–water partition coefficient (Wildman–Crippen LogP) is 4.89. The van der Waals surface area contributed by atoms with Crippen molar-refractivity contribution in [3.8, 4) is 5.75 Å². The molecule has 1 N–H and O–H groups in total. The van der Waals surface area contributed by atoms with Gasteiger partial charge in [-0.1, -0.05) is 27.5 Å². The van der Waals surface area contributed by atoms with E-state index in [1.807, 2.05) is 6.07 Å². The van der Waals surface area contributed by atoms with Crippen LogP contribution in [0.2, 0.25) is 5.02 Å². The van der Waals surface area contributed by atoms with Gasteiger partial charge in [0.25, 0.3) is 5.91 Å². The molecule has 0 saturated carbocycles. The standard InChI is InChI=1S/C26H29BrClN5O6/c1-4-37-26(36)32-11-9-31(10-12-32)25(35)17(3)33-14-21(16(2)30-33)29-24(34)23-8-6-19(39-23)15-38-22-7-5-18(27)13-20(22)28/h5-8,13-14,17H,4,9-12,15H2,1-3H3,(H,29,34). The predicted molar refractivity (Wildman–Crippen MR) is 147 cm³/mol. The molecule has 3 aromatic rings. The number of nitrogens with zero attached hydrogens (tertiary/aromatic N) is 4. The first kappa shape index (κ1) is 28.5. The number of benzene rings is 1. The number of amides is 3. The quantitative estimate of drug-likeness (QED) is 0.380. The Kier molecular flexibility index (Phi) is 9.18. The van der Waals surface area contributed by atoms with Crippen LogP contribution in [0, 0.1) is 6.92 Å². The van der Waals surface area contributed by atoms with Gasteiger partial charge in [-0.2, -0.15) is 5.10 Å². The summed E-state index contributed by atoms with van der Waals surface area (Å²) in [4.78, 5) is 41.1. The van der Waals surface area contributed by atoms with Crippen LogP contribution in [0.15, 0.2) is 45.4 Å². The topological polar surface area (TPSA) is 119 Å². The van der Waals surface area contributed by atoms with E-state index in [4.69, 9.17) is 25.5 Å². The largest absolute Gasteiger partial charge is 0.484 e. The van der Waals surface area contributed by atoms with Crippen molar-refractivity contribution >= 4 is 51.1 Å². The van der Waals surface area contributed by atoms with Crippen molar-refractivity contribution in [2.24, 2.45) is 0 Å². The maximum absolute atomic E-state index is 13.1. The molecule has 1 aliphatic rings. The number of piperazine rings is 1. The summed E-state index contributed by atoms with van der Waals surface area (Å²) >= 11 is 9.52. The lowest BCUT2D eigenvalue weighted by molar-refractivity contribution is -0.136. The smallest absolute Gasteiger partial charge is 0.409 e. The molecule has 1 saturated heterocycles. The van der Waals surface area contributed by atoms with Gasteiger partial charge in [-0.15, -0.1) is 0 Å². The second kappa shape index (κ2) is 12.6. The molecule has 2 aromatic heterocycles. The molecule has 0 aliphatic carbocycles. The van der Waals surface area contributed by atoms with Crippen molar-refractivity contribution in [1.29, 1.82) is 0 Å². The lowest BCUT2D eigenvalue weighted by Gasteiger charge is -2.35. The van der Waals surface area contributed by atoms with Crippen LogP contribution in [-0.2, 0) is 16.1 Å². The summed E-state index contributed by atoms with van der Waals surface area (Å²) in [6, 6.07) is 7.88. The highest BCUT2D eigenvalue weighted by Gasteiger charge is 2.29. The van der Waals surface area contributed by atoms with Gasteiger partial charge >= 0.3 is 6.09 Å². The zero-order chi connectivity index (χ0) is 28.1. The van der Waals surface area contributed by atoms with E-state index in [1.165, 1.54) is 4.68 Å². The van der Waals surface area contributed by atoms with E-state index >= 15 is 0 Å². The Labute approximate surface area is 239 Å². The lowest BCUT2D eigenvalue weighted by Crippen LogP contribution is -2.52. The number of ether oxygens (including phenoxy) is 2. The van der Waals surface area contributed by atoms with Crippen molar-refractivity contribution in [1.82, 2.24) is 19.6 Å². The Morgan fingerprint density at radius 1 is 1.15 bits per heavy atom. The minimum atomic E-state index is -0.596. The maximum atomic E-state index is 13.1. The number of hydrogen-bond acceptors (Lipinski definition) is 7. The maximum Gasteiger partial charge on any atom is 0.409 e. The molecule has 1 fully saturated rings. The molecule has 1 aliphatic heterocycles. The van der Waals surface area contributed by atoms with E-state index in [0.717, 1.165) is 4.47 Å². The average molecular weight is 623 g/mol. The fourth-order valence-corrected chi connectivity index (χ4v) is 4.73. The van der Waals surface area contributed by atoms with Gasteiger partial charge in [0.1, 0.15) is 24.2 Å². The molecule has 11 nitrogen and oxygen atoms in total. The lowest BCUT2D eigenvalue weighted by atomic mass is 10.2. The third-order valence-corrected chi connectivity index (χ3v) is 6.97. The average Bonchev–Trinajstić information content (AvgIpc) is 3.54. The van der Waals surface area contributed by atoms with Crippen LogP contribution in [0.25, 0.3) is 0 Å². The van der Waals surface area contributed by atoms with Gasteiger partial charge in [-0.25, -0.2) is 4.79 Å². The first-order chi connectivity index (χ1) is 18.7. The van der Waals surface area contributed by atoms with E-state index in [-0.39, 0.29) is 24.4 Å². The number of aromatic nitrogens is 2. The minimum absolute atomic E-state index is 0.0965. The molecule has 4 rings (SSSR count). The second-order valence-electron chi connectivity index (χ2n) is 8.88. The van der Waals surface area contributed by atoms with Crippen LogP contribution in [0.5, 0.6) is 5.75 Å². The molecule has 1 unspecified atom stereocenters. The third-order valence-electron chi connectivity index (χ3n) is 6.19. The molecule has 1 aromatic carbocycles. The summed E-state index contributed by atoms with van der Waals surface area (Å²) in [5, 5.41) is 7.67. The van der Waals surface area contributed by atoms with Crippen molar-refractivity contribution < 1.29 is 28.3 Å². The number of carbonyl (C=O) groups excluding carboxylic acids is 3. The van der Waals surface area contributed by atoms with Crippen LogP contribution in [0.3, 0.4) is 0 Å². The van der Waals surface area contributed by atoms with E-state index in [2.05, 4.69) is 26.3 Å². The zero-order valence-corrected chi connectivity index (χ0v) is 24.1. The minimum Gasteiger partial charge on any atom is -0.484 e. The summed E-state index contributed by atoms with van der Waals surface area (Å²) in [5.41, 5.74) is 1.01. The van der Waals surface area contributed by atoms with Crippen LogP contribution in [-0.4, -0.2) is 70.3 Å². The highest BCUT2D eigenvalue weighted by molar-refractivity contribution is 9.10. The number of halogens is 2. The van der Waals surface area contributed by atoms with Gasteiger partial charge in [0.15, 0.2) is 5.76 Å². The van der Waals surface area contributed by atoms with Gasteiger partial charge in [-0.05, 0) is 51.1 Å². The number of aryl methyl sites for hydroxylation is 1. The van der Waals surface area contributed by atoms with Crippen molar-refractivity contribution in [3.05, 3.63) is 63.2 Å². The Bertz CT molecular complexity index is 1350. The van der Waals surface area contributed by atoms with Crippen LogP contribution >= 0.6 is 27.5 Å². The number of hydrogen-bond donors (Lipinski definition) is 1. The first-order valence-corrected chi connectivity index (χ1v) is 13.6. The molecule has 208 valence electrons. The van der Waals surface area contributed by atoms with Crippen LogP contribution in [0.1, 0.15) is 41.9 Å². The van der Waals surface area contributed by atoms with Crippen LogP contribution in [0.4, 0.5) is 10.5 Å². The molecule has 1 atom stereocenters. The fraction of sp³-hybridized carbons (Fsp3) is 0.385. The molecular weight excluding hydrogens is 594 g/mol. The Morgan fingerprint density at radius 2 is 1.87 bits per heavy atom. The summed E-state index contributed by atoms with van der Waals surface area (Å²) in [6.45, 7) is 7.27. The van der Waals surface area contributed by atoms with E-state index in [0.29, 0.717) is 60.7 Å². The Balaban J connectivity index is 1.32. The SMILES string of the molecule is CCOC(=O)N1CCN(C(=O)C(C)n2cc(NC(=O)c3ccc(COc4ccc(Br)cc4Cl)o3)c(C)n2)CC1. The van der Waals surface area contributed by atoms with Gasteiger partial charge in [0.05, 0.1) is 23.0 Å². The monoisotopic (exact) mass is 621 g/mol. The number of rotatable bonds is 8. The van der Waals surface area contributed by atoms with E-state index in [9.17, 15) is 14.4 Å². The van der Waals surface area contributed by atoms with Crippen molar-refractivity contribution in [2.75, 3.05) is 38.1 Å². The molecule has 39 heavy (non-hydrogen) atoms. The van der Waals surface area contributed by atoms with E-state index in [1.54, 1.807) is 61.0 Å². The highest BCUT2D eigenvalue weighted by Crippen LogP contribution is 2.28. The highest BCUT2D eigenvalue weighted by atomic mass is 79.9. The number of anilines is 1. The molecular formula is C26H29BrClN5O6. The molecule has 0 bridgehead atoms.